The summed E-state index contributed by atoms with van der Waals surface area (Å²) < 4.78 is 26.7. The van der Waals surface area contributed by atoms with E-state index in [4.69, 9.17) is 11.6 Å². The topological polar surface area (TPSA) is 66.5 Å². The van der Waals surface area contributed by atoms with E-state index in [9.17, 15) is 13.2 Å². The molecule has 0 spiro atoms. The number of sulfonamides is 1. The highest BCUT2D eigenvalue weighted by Crippen LogP contribution is 2.22. The van der Waals surface area contributed by atoms with Gasteiger partial charge in [0, 0.05) is 30.1 Å². The molecule has 1 saturated heterocycles. The fraction of sp³-hybridized carbons (Fsp3) is 0.588. The molecule has 2 rings (SSSR count). The van der Waals surface area contributed by atoms with Crippen molar-refractivity contribution in [1.82, 2.24) is 9.62 Å². The summed E-state index contributed by atoms with van der Waals surface area (Å²) in [4.78, 5) is 12.4. The summed E-state index contributed by atoms with van der Waals surface area (Å²) in [6.07, 6.45) is 2.93. The number of benzene rings is 1. The molecule has 1 aromatic carbocycles. The van der Waals surface area contributed by atoms with E-state index in [1.807, 2.05) is 13.8 Å². The molecule has 5 nitrogen and oxygen atoms in total. The van der Waals surface area contributed by atoms with Gasteiger partial charge < -0.3 is 5.32 Å². The van der Waals surface area contributed by atoms with Crippen molar-refractivity contribution < 1.29 is 13.2 Å². The van der Waals surface area contributed by atoms with Gasteiger partial charge in [0.15, 0.2) is 0 Å². The molecular weight excluding hydrogens is 348 g/mol. The van der Waals surface area contributed by atoms with Gasteiger partial charge in [-0.2, -0.15) is 4.31 Å². The molecule has 0 radical (unpaired) electrons. The average molecular weight is 373 g/mol. The van der Waals surface area contributed by atoms with Crippen LogP contribution >= 0.6 is 11.6 Å². The summed E-state index contributed by atoms with van der Waals surface area (Å²) in [7, 11) is -3.49. The molecule has 7 heteroatoms. The number of nitrogens with zero attached hydrogens (tertiary/aromatic N) is 1. The molecule has 0 saturated carbocycles. The van der Waals surface area contributed by atoms with E-state index in [2.05, 4.69) is 5.32 Å². The van der Waals surface area contributed by atoms with Gasteiger partial charge in [-0.1, -0.05) is 25.4 Å². The van der Waals surface area contributed by atoms with Crippen LogP contribution in [0.25, 0.3) is 0 Å². The Balaban J connectivity index is 1.94. The molecule has 0 unspecified atom stereocenters. The average Bonchev–Trinajstić information content (AvgIpc) is 2.57. The third-order valence-electron chi connectivity index (χ3n) is 4.61. The second-order valence-corrected chi connectivity index (χ2v) is 8.53. The fourth-order valence-electron chi connectivity index (χ4n) is 2.97. The number of hydrogen-bond donors (Lipinski definition) is 1. The number of carbonyl (C=O) groups is 1. The van der Waals surface area contributed by atoms with Crippen LogP contribution in [-0.4, -0.2) is 37.8 Å². The van der Waals surface area contributed by atoms with Crippen molar-refractivity contribution in [3.8, 4) is 0 Å². The first kappa shape index (κ1) is 19.2. The predicted octanol–water partition coefficient (Wildman–Crippen LogP) is 3.05. The number of halogens is 1. The standard InChI is InChI=1S/C17H25ClN2O3S/c1-3-13(4-2)17(21)19-15-9-11-20(12-10-15)24(22,23)16-7-5-14(18)6-8-16/h5-8,13,15H,3-4,9-12H2,1-2H3,(H,19,21). The van der Waals surface area contributed by atoms with E-state index < -0.39 is 10.0 Å². The highest BCUT2D eigenvalue weighted by Gasteiger charge is 2.30. The maximum Gasteiger partial charge on any atom is 0.243 e. The summed E-state index contributed by atoms with van der Waals surface area (Å²) >= 11 is 5.82. The lowest BCUT2D eigenvalue weighted by Gasteiger charge is -2.32. The van der Waals surface area contributed by atoms with Gasteiger partial charge >= 0.3 is 0 Å². The highest BCUT2D eigenvalue weighted by atomic mass is 35.5. The second-order valence-electron chi connectivity index (χ2n) is 6.15. The van der Waals surface area contributed by atoms with Crippen molar-refractivity contribution in [1.29, 1.82) is 0 Å². The maximum absolute atomic E-state index is 12.6. The van der Waals surface area contributed by atoms with Gasteiger partial charge in [-0.15, -0.1) is 0 Å². The third-order valence-corrected chi connectivity index (χ3v) is 6.77. The molecule has 1 N–H and O–H groups in total. The second kappa shape index (κ2) is 8.32. The molecule has 24 heavy (non-hydrogen) atoms. The molecule has 1 heterocycles. The van der Waals surface area contributed by atoms with Crippen molar-refractivity contribution in [2.24, 2.45) is 5.92 Å². The van der Waals surface area contributed by atoms with Crippen molar-refractivity contribution in [2.45, 2.75) is 50.5 Å². The van der Waals surface area contributed by atoms with Gasteiger partial charge in [0.1, 0.15) is 0 Å². The van der Waals surface area contributed by atoms with Crippen molar-refractivity contribution >= 4 is 27.5 Å². The summed E-state index contributed by atoms with van der Waals surface area (Å²) in [5.74, 6) is 0.125. The van der Waals surface area contributed by atoms with Gasteiger partial charge in [0.2, 0.25) is 15.9 Å². The first-order valence-corrected chi connectivity index (χ1v) is 10.3. The van der Waals surface area contributed by atoms with Crippen LogP contribution in [0.2, 0.25) is 5.02 Å². The summed E-state index contributed by atoms with van der Waals surface area (Å²) in [6.45, 7) is 4.85. The number of amides is 1. The third kappa shape index (κ3) is 4.49. The fourth-order valence-corrected chi connectivity index (χ4v) is 4.57. The Morgan fingerprint density at radius 2 is 1.75 bits per heavy atom. The number of piperidine rings is 1. The number of rotatable bonds is 6. The molecule has 0 atom stereocenters. The van der Waals surface area contributed by atoms with Gasteiger partial charge in [0.05, 0.1) is 4.90 Å². The molecule has 1 amide bonds. The number of nitrogens with one attached hydrogen (secondary N) is 1. The molecule has 134 valence electrons. The van der Waals surface area contributed by atoms with Crippen molar-refractivity contribution in [3.63, 3.8) is 0 Å². The predicted molar refractivity (Wildman–Crippen MR) is 95.4 cm³/mol. The van der Waals surface area contributed by atoms with Gasteiger partial charge in [-0.3, -0.25) is 4.79 Å². The van der Waals surface area contributed by atoms with Gasteiger partial charge in [-0.05, 0) is 49.9 Å². The smallest absolute Gasteiger partial charge is 0.243 e. The zero-order valence-corrected chi connectivity index (χ0v) is 15.7. The van der Waals surface area contributed by atoms with E-state index >= 15 is 0 Å². The monoisotopic (exact) mass is 372 g/mol. The minimum Gasteiger partial charge on any atom is -0.353 e. The van der Waals surface area contributed by atoms with Gasteiger partial charge in [-0.25, -0.2) is 8.42 Å². The molecule has 0 aliphatic carbocycles. The van der Waals surface area contributed by atoms with E-state index in [1.54, 1.807) is 12.1 Å². The Bertz CT molecular complexity index is 649. The van der Waals surface area contributed by atoms with E-state index in [-0.39, 0.29) is 22.8 Å². The van der Waals surface area contributed by atoms with Crippen LogP contribution in [0.5, 0.6) is 0 Å². The number of carbonyl (C=O) groups excluding carboxylic acids is 1. The lowest BCUT2D eigenvalue weighted by molar-refractivity contribution is -0.126. The first-order valence-electron chi connectivity index (χ1n) is 8.44. The van der Waals surface area contributed by atoms with Crippen LogP contribution in [0.4, 0.5) is 0 Å². The molecule has 0 bridgehead atoms. The Labute approximate surface area is 149 Å². The van der Waals surface area contributed by atoms with Crippen molar-refractivity contribution in [2.75, 3.05) is 13.1 Å². The van der Waals surface area contributed by atoms with Gasteiger partial charge in [0.25, 0.3) is 0 Å². The zero-order chi connectivity index (χ0) is 17.7. The van der Waals surface area contributed by atoms with Crippen LogP contribution < -0.4 is 5.32 Å². The van der Waals surface area contributed by atoms with Crippen LogP contribution in [-0.2, 0) is 14.8 Å². The quantitative estimate of drug-likeness (QED) is 0.834. The molecule has 1 aliphatic heterocycles. The van der Waals surface area contributed by atoms with Crippen LogP contribution in [0.3, 0.4) is 0 Å². The van der Waals surface area contributed by atoms with Crippen LogP contribution in [0.15, 0.2) is 29.2 Å². The van der Waals surface area contributed by atoms with E-state index in [0.29, 0.717) is 31.0 Å². The molecule has 1 aromatic rings. The Morgan fingerprint density at radius 1 is 1.21 bits per heavy atom. The van der Waals surface area contributed by atoms with Crippen molar-refractivity contribution in [3.05, 3.63) is 29.3 Å². The minimum atomic E-state index is -3.49. The minimum absolute atomic E-state index is 0.0424. The first-order chi connectivity index (χ1) is 11.4. The lowest BCUT2D eigenvalue weighted by Crippen LogP contribution is -2.47. The van der Waals surface area contributed by atoms with E-state index in [0.717, 1.165) is 12.8 Å². The SMILES string of the molecule is CCC(CC)C(=O)NC1CCN(S(=O)(=O)c2ccc(Cl)cc2)CC1. The highest BCUT2D eigenvalue weighted by molar-refractivity contribution is 7.89. The van der Waals surface area contributed by atoms with Crippen LogP contribution in [0.1, 0.15) is 39.5 Å². The summed E-state index contributed by atoms with van der Waals surface area (Å²) in [5.41, 5.74) is 0. The summed E-state index contributed by atoms with van der Waals surface area (Å²) in [6, 6.07) is 6.26. The molecular formula is C17H25ClN2O3S. The largest absolute Gasteiger partial charge is 0.353 e. The van der Waals surface area contributed by atoms with Crippen LogP contribution in [0, 0.1) is 5.92 Å². The normalized spacial score (nSPS) is 17.2. The zero-order valence-electron chi connectivity index (χ0n) is 14.2. The Kier molecular flexibility index (Phi) is 6.66. The summed E-state index contributed by atoms with van der Waals surface area (Å²) in [5, 5.41) is 3.57. The lowest BCUT2D eigenvalue weighted by atomic mass is 10.0. The number of hydrogen-bond acceptors (Lipinski definition) is 3. The molecule has 1 fully saturated rings. The molecule has 1 aliphatic rings. The molecule has 0 aromatic heterocycles. The Hall–Kier alpha value is -1.11. The maximum atomic E-state index is 12.6. The van der Waals surface area contributed by atoms with E-state index in [1.165, 1.54) is 16.4 Å². The Morgan fingerprint density at radius 3 is 2.25 bits per heavy atom.